The second kappa shape index (κ2) is 14.2. The SMILES string of the molecule is Cc1cc2c(C(C)C)c(O)c(O)c(C=Nc3ccc(C#N)cc3)c2c(O)c1-c1c(C)cc2c(C(C)C)c(O)c(O)c(C=Nc3ccc(C#N)cc3)c2c1O. The van der Waals surface area contributed by atoms with Crippen molar-refractivity contribution in [3.8, 4) is 57.8 Å². The highest BCUT2D eigenvalue weighted by atomic mass is 16.3. The number of fused-ring (bicyclic) bond motifs is 2. The molecule has 6 aromatic carbocycles. The van der Waals surface area contributed by atoms with Crippen molar-refractivity contribution in [2.45, 2.75) is 53.4 Å². The molecule has 0 aliphatic heterocycles. The fraction of sp³-hybridized carbons (Fsp3) is 0.182. The molecule has 0 radical (unpaired) electrons. The van der Waals surface area contributed by atoms with Crippen LogP contribution in [-0.2, 0) is 0 Å². The maximum Gasteiger partial charge on any atom is 0.167 e. The topological polar surface area (TPSA) is 194 Å². The average Bonchev–Trinajstić information content (AvgIpc) is 3.13. The first-order chi connectivity index (χ1) is 25.7. The standard InChI is InChI=1S/C44H38N4O6/c1-21(2)33-29-15-23(5)35(41(51)37(29)31(39(49)43(33)53)19-47-27-11-7-25(17-45)8-12-27)36-24(6)16-30-34(22(3)4)44(54)40(50)32(38(30)42(36)52)20-48-28-13-9-26(18-46)10-14-28/h7-16,19-22,49-54H,1-6H3. The summed E-state index contributed by atoms with van der Waals surface area (Å²) in [7, 11) is 0. The van der Waals surface area contributed by atoms with Crippen LogP contribution < -0.4 is 0 Å². The van der Waals surface area contributed by atoms with Gasteiger partial charge in [0, 0.05) is 45.5 Å². The Balaban J connectivity index is 1.69. The summed E-state index contributed by atoms with van der Waals surface area (Å²) in [6.45, 7) is 10.9. The number of hydrogen-bond donors (Lipinski definition) is 6. The lowest BCUT2D eigenvalue weighted by Crippen LogP contribution is -2.01. The first-order valence-electron chi connectivity index (χ1n) is 17.3. The molecule has 0 unspecified atom stereocenters. The number of nitriles is 2. The molecular formula is C44H38N4O6. The number of phenolic OH excluding ortho intramolecular Hbond substituents is 6. The van der Waals surface area contributed by atoms with Gasteiger partial charge in [0.2, 0.25) is 0 Å². The minimum atomic E-state index is -0.489. The van der Waals surface area contributed by atoms with Gasteiger partial charge in [-0.1, -0.05) is 39.8 Å². The van der Waals surface area contributed by atoms with Gasteiger partial charge in [-0.3, -0.25) is 9.98 Å². The van der Waals surface area contributed by atoms with Crippen LogP contribution in [0.5, 0.6) is 34.5 Å². The third kappa shape index (κ3) is 6.14. The molecule has 0 aromatic heterocycles. The molecule has 6 N–H and O–H groups in total. The average molecular weight is 719 g/mol. The van der Waals surface area contributed by atoms with Crippen LogP contribution >= 0.6 is 0 Å². The van der Waals surface area contributed by atoms with Gasteiger partial charge in [-0.2, -0.15) is 10.5 Å². The van der Waals surface area contributed by atoms with Gasteiger partial charge < -0.3 is 30.6 Å². The fourth-order valence-corrected chi connectivity index (χ4v) is 7.15. The highest BCUT2D eigenvalue weighted by Gasteiger charge is 2.29. The summed E-state index contributed by atoms with van der Waals surface area (Å²) in [5.41, 5.74) is 4.25. The van der Waals surface area contributed by atoms with E-state index < -0.39 is 11.5 Å². The Kier molecular flexibility index (Phi) is 9.64. The van der Waals surface area contributed by atoms with E-state index in [1.807, 2.05) is 27.7 Å². The van der Waals surface area contributed by atoms with Crippen LogP contribution in [0.1, 0.15) is 84.0 Å². The fourth-order valence-electron chi connectivity index (χ4n) is 7.15. The molecular weight excluding hydrogens is 681 g/mol. The van der Waals surface area contributed by atoms with Gasteiger partial charge in [-0.05, 0) is 96.1 Å². The van der Waals surface area contributed by atoms with Crippen molar-refractivity contribution in [2.24, 2.45) is 9.98 Å². The van der Waals surface area contributed by atoms with Gasteiger partial charge in [-0.25, -0.2) is 0 Å². The molecule has 0 amide bonds. The van der Waals surface area contributed by atoms with E-state index in [1.165, 1.54) is 12.4 Å². The summed E-state index contributed by atoms with van der Waals surface area (Å²) in [5, 5.41) is 89.7. The Morgan fingerprint density at radius 2 is 0.852 bits per heavy atom. The normalized spacial score (nSPS) is 11.7. The number of aromatic hydroxyl groups is 6. The van der Waals surface area contributed by atoms with Gasteiger partial charge >= 0.3 is 0 Å². The molecule has 0 spiro atoms. The molecule has 0 aliphatic rings. The van der Waals surface area contributed by atoms with E-state index in [0.717, 1.165) is 0 Å². The molecule has 10 nitrogen and oxygen atoms in total. The van der Waals surface area contributed by atoms with Crippen LogP contribution in [0.2, 0.25) is 0 Å². The first-order valence-corrected chi connectivity index (χ1v) is 17.3. The third-order valence-electron chi connectivity index (χ3n) is 9.67. The Morgan fingerprint density at radius 1 is 0.519 bits per heavy atom. The third-order valence-corrected chi connectivity index (χ3v) is 9.67. The van der Waals surface area contributed by atoms with Crippen molar-refractivity contribution < 1.29 is 30.6 Å². The Labute approximate surface area is 312 Å². The van der Waals surface area contributed by atoms with Crippen LogP contribution in [0, 0.1) is 36.5 Å². The van der Waals surface area contributed by atoms with E-state index >= 15 is 0 Å². The number of nitrogens with zero attached hydrogens (tertiary/aromatic N) is 4. The maximum absolute atomic E-state index is 12.3. The molecule has 0 saturated carbocycles. The van der Waals surface area contributed by atoms with E-state index in [-0.39, 0.29) is 67.9 Å². The number of hydrogen-bond acceptors (Lipinski definition) is 10. The summed E-state index contributed by atoms with van der Waals surface area (Å²) < 4.78 is 0. The molecule has 0 heterocycles. The van der Waals surface area contributed by atoms with Crippen molar-refractivity contribution in [3.63, 3.8) is 0 Å². The maximum atomic E-state index is 12.3. The number of rotatable bonds is 7. The zero-order chi connectivity index (χ0) is 39.2. The van der Waals surface area contributed by atoms with Gasteiger partial charge in [-0.15, -0.1) is 0 Å². The summed E-state index contributed by atoms with van der Waals surface area (Å²) >= 11 is 0. The van der Waals surface area contributed by atoms with Gasteiger partial charge in [0.1, 0.15) is 11.5 Å². The second-order valence-corrected chi connectivity index (χ2v) is 13.9. The highest BCUT2D eigenvalue weighted by Crippen LogP contribution is 2.54. The number of phenols is 6. The monoisotopic (exact) mass is 718 g/mol. The van der Waals surface area contributed by atoms with Crippen molar-refractivity contribution in [3.05, 3.63) is 105 Å². The minimum Gasteiger partial charge on any atom is -0.507 e. The molecule has 270 valence electrons. The zero-order valence-corrected chi connectivity index (χ0v) is 30.6. The van der Waals surface area contributed by atoms with Crippen LogP contribution in [-0.4, -0.2) is 43.1 Å². The molecule has 0 atom stereocenters. The highest BCUT2D eigenvalue weighted by molar-refractivity contribution is 6.15. The zero-order valence-electron chi connectivity index (χ0n) is 30.6. The van der Waals surface area contributed by atoms with Gasteiger partial charge in [0.05, 0.1) is 45.8 Å². The van der Waals surface area contributed by atoms with E-state index in [2.05, 4.69) is 22.1 Å². The predicted molar refractivity (Wildman–Crippen MR) is 211 cm³/mol. The van der Waals surface area contributed by atoms with E-state index in [0.29, 0.717) is 55.5 Å². The number of aliphatic imine (C=N–C) groups is 2. The quantitative estimate of drug-likeness (QED) is 0.0693. The summed E-state index contributed by atoms with van der Waals surface area (Å²) in [4.78, 5) is 8.97. The second-order valence-electron chi connectivity index (χ2n) is 13.9. The molecule has 6 aromatic rings. The Bertz CT molecular complexity index is 2460. The van der Waals surface area contributed by atoms with Crippen molar-refractivity contribution in [1.29, 1.82) is 10.5 Å². The molecule has 54 heavy (non-hydrogen) atoms. The largest absolute Gasteiger partial charge is 0.507 e. The van der Waals surface area contributed by atoms with Crippen LogP contribution in [0.15, 0.2) is 70.6 Å². The first kappa shape index (κ1) is 36.7. The van der Waals surface area contributed by atoms with E-state index in [1.54, 1.807) is 74.5 Å². The minimum absolute atomic E-state index is 0.0350. The molecule has 6 rings (SSSR count). The predicted octanol–water partition coefficient (Wildman–Crippen LogP) is 10.0. The molecule has 0 aliphatic carbocycles. The lowest BCUT2D eigenvalue weighted by molar-refractivity contribution is 0.398. The summed E-state index contributed by atoms with van der Waals surface area (Å²) in [6.07, 6.45) is 2.67. The summed E-state index contributed by atoms with van der Waals surface area (Å²) in [5.74, 6) is -2.80. The molecule has 0 fully saturated rings. The number of benzene rings is 6. The molecule has 10 heteroatoms. The van der Waals surface area contributed by atoms with Crippen molar-refractivity contribution >= 4 is 45.3 Å². The molecule has 0 bridgehead atoms. The Morgan fingerprint density at radius 3 is 1.15 bits per heavy atom. The van der Waals surface area contributed by atoms with Crippen LogP contribution in [0.4, 0.5) is 11.4 Å². The summed E-state index contributed by atoms with van der Waals surface area (Å²) in [6, 6.07) is 20.6. The lowest BCUT2D eigenvalue weighted by Gasteiger charge is -2.23. The lowest BCUT2D eigenvalue weighted by atomic mass is 9.83. The molecule has 0 saturated heterocycles. The van der Waals surface area contributed by atoms with E-state index in [9.17, 15) is 41.2 Å². The van der Waals surface area contributed by atoms with Crippen molar-refractivity contribution in [1.82, 2.24) is 0 Å². The van der Waals surface area contributed by atoms with Gasteiger partial charge in [0.15, 0.2) is 23.0 Å². The smallest absolute Gasteiger partial charge is 0.167 e. The van der Waals surface area contributed by atoms with Crippen LogP contribution in [0.25, 0.3) is 32.7 Å². The van der Waals surface area contributed by atoms with Gasteiger partial charge in [0.25, 0.3) is 0 Å². The van der Waals surface area contributed by atoms with Crippen molar-refractivity contribution in [2.75, 3.05) is 0 Å². The van der Waals surface area contributed by atoms with E-state index in [4.69, 9.17) is 0 Å². The number of aryl methyl sites for hydroxylation is 2. The van der Waals surface area contributed by atoms with Crippen LogP contribution in [0.3, 0.4) is 0 Å². The Hall–Kier alpha value is -7.04.